The number of fused-ring (bicyclic) bond motifs is 1. The van der Waals surface area contributed by atoms with Gasteiger partial charge in [0.25, 0.3) is 0 Å². The highest BCUT2D eigenvalue weighted by molar-refractivity contribution is 5.80. The maximum atomic E-state index is 11.8. The summed E-state index contributed by atoms with van der Waals surface area (Å²) in [4.78, 5) is 14.3. The number of likely N-dealkylation sites (N-methyl/N-ethyl adjacent to an activating group) is 1. The molecule has 1 heterocycles. The molecule has 2 aliphatic carbocycles. The monoisotopic (exact) mass is 266 g/mol. The Morgan fingerprint density at radius 2 is 2.00 bits per heavy atom. The topological polar surface area (TPSA) is 52.6 Å². The standard InChI is InChI=1S/C15H26N2O2/c1-16-15(14(18)19,12-6-7-12)10-17-9-8-11-4-2-3-5-13(11)17/h11-13,16H,2-10H2,1H3,(H,18,19). The molecule has 1 saturated heterocycles. The minimum Gasteiger partial charge on any atom is -0.480 e. The average molecular weight is 266 g/mol. The number of aliphatic carboxylic acids is 1. The second kappa shape index (κ2) is 5.06. The summed E-state index contributed by atoms with van der Waals surface area (Å²) in [6.45, 7) is 1.80. The van der Waals surface area contributed by atoms with E-state index in [1.165, 1.54) is 32.1 Å². The maximum absolute atomic E-state index is 11.8. The van der Waals surface area contributed by atoms with E-state index in [-0.39, 0.29) is 0 Å². The number of nitrogens with zero attached hydrogens (tertiary/aromatic N) is 1. The summed E-state index contributed by atoms with van der Waals surface area (Å²) < 4.78 is 0. The van der Waals surface area contributed by atoms with E-state index in [9.17, 15) is 9.90 Å². The molecule has 3 fully saturated rings. The SMILES string of the molecule is CNC(CN1CCC2CCCCC21)(C(=O)O)C1CC1. The minimum atomic E-state index is -0.702. The first kappa shape index (κ1) is 13.4. The summed E-state index contributed by atoms with van der Waals surface area (Å²) in [7, 11) is 1.82. The van der Waals surface area contributed by atoms with Crippen molar-refractivity contribution in [1.82, 2.24) is 10.2 Å². The molecule has 1 aliphatic heterocycles. The number of nitrogens with one attached hydrogen (secondary N) is 1. The first-order chi connectivity index (χ1) is 9.17. The summed E-state index contributed by atoms with van der Waals surface area (Å²) in [5.74, 6) is 0.505. The van der Waals surface area contributed by atoms with Gasteiger partial charge in [0, 0.05) is 12.6 Å². The van der Waals surface area contributed by atoms with Crippen molar-refractivity contribution in [3.63, 3.8) is 0 Å². The zero-order valence-electron chi connectivity index (χ0n) is 11.9. The molecule has 108 valence electrons. The summed E-state index contributed by atoms with van der Waals surface area (Å²) in [5, 5.41) is 12.9. The largest absolute Gasteiger partial charge is 0.480 e. The summed E-state index contributed by atoms with van der Waals surface area (Å²) >= 11 is 0. The predicted molar refractivity (Wildman–Crippen MR) is 74.1 cm³/mol. The van der Waals surface area contributed by atoms with Gasteiger partial charge in [-0.2, -0.15) is 0 Å². The Hall–Kier alpha value is -0.610. The Bertz CT molecular complexity index is 356. The average Bonchev–Trinajstić information content (AvgIpc) is 3.19. The summed E-state index contributed by atoms with van der Waals surface area (Å²) in [5.41, 5.74) is -0.702. The summed E-state index contributed by atoms with van der Waals surface area (Å²) in [6, 6.07) is 0.652. The fourth-order valence-corrected chi connectivity index (χ4v) is 4.36. The van der Waals surface area contributed by atoms with Gasteiger partial charge < -0.3 is 10.4 Å². The van der Waals surface area contributed by atoms with Crippen LogP contribution in [0.2, 0.25) is 0 Å². The number of likely N-dealkylation sites (tertiary alicyclic amines) is 1. The molecule has 0 aromatic heterocycles. The Morgan fingerprint density at radius 3 is 2.63 bits per heavy atom. The van der Waals surface area contributed by atoms with Crippen LogP contribution in [0, 0.1) is 11.8 Å². The zero-order valence-corrected chi connectivity index (χ0v) is 11.9. The van der Waals surface area contributed by atoms with E-state index in [1.807, 2.05) is 7.05 Å². The lowest BCUT2D eigenvalue weighted by Gasteiger charge is -2.38. The van der Waals surface area contributed by atoms with Crippen LogP contribution in [0.5, 0.6) is 0 Å². The second-order valence-electron chi connectivity index (χ2n) is 6.67. The molecule has 4 heteroatoms. The summed E-state index contributed by atoms with van der Waals surface area (Å²) in [6.07, 6.45) is 8.71. The van der Waals surface area contributed by atoms with Crippen LogP contribution < -0.4 is 5.32 Å². The van der Waals surface area contributed by atoms with Gasteiger partial charge in [-0.3, -0.25) is 9.69 Å². The van der Waals surface area contributed by atoms with Gasteiger partial charge in [0.15, 0.2) is 0 Å². The van der Waals surface area contributed by atoms with E-state index in [0.717, 1.165) is 25.3 Å². The van der Waals surface area contributed by atoms with Gasteiger partial charge in [-0.1, -0.05) is 12.8 Å². The van der Waals surface area contributed by atoms with Gasteiger partial charge >= 0.3 is 5.97 Å². The molecule has 0 aromatic carbocycles. The van der Waals surface area contributed by atoms with E-state index in [2.05, 4.69) is 10.2 Å². The third kappa shape index (κ3) is 2.29. The predicted octanol–water partition coefficient (Wildman–Crippen LogP) is 1.70. The lowest BCUT2D eigenvalue weighted by Crippen LogP contribution is -2.60. The van der Waals surface area contributed by atoms with Gasteiger partial charge in [0.1, 0.15) is 5.54 Å². The number of hydrogen-bond donors (Lipinski definition) is 2. The van der Waals surface area contributed by atoms with Crippen LogP contribution in [0.4, 0.5) is 0 Å². The molecule has 19 heavy (non-hydrogen) atoms. The van der Waals surface area contributed by atoms with Crippen molar-refractivity contribution in [2.75, 3.05) is 20.1 Å². The van der Waals surface area contributed by atoms with Crippen LogP contribution in [0.1, 0.15) is 44.9 Å². The van der Waals surface area contributed by atoms with Gasteiger partial charge in [0.05, 0.1) is 0 Å². The molecular weight excluding hydrogens is 240 g/mol. The van der Waals surface area contributed by atoms with Crippen LogP contribution in [0.15, 0.2) is 0 Å². The van der Waals surface area contributed by atoms with Crippen molar-refractivity contribution >= 4 is 5.97 Å². The molecule has 0 amide bonds. The Labute approximate surface area is 115 Å². The fraction of sp³-hybridized carbons (Fsp3) is 0.933. The second-order valence-corrected chi connectivity index (χ2v) is 6.67. The molecule has 4 nitrogen and oxygen atoms in total. The Kier molecular flexibility index (Phi) is 3.56. The highest BCUT2D eigenvalue weighted by Gasteiger charge is 2.52. The quantitative estimate of drug-likeness (QED) is 0.795. The highest BCUT2D eigenvalue weighted by atomic mass is 16.4. The van der Waals surface area contributed by atoms with Gasteiger partial charge in [-0.25, -0.2) is 0 Å². The molecule has 3 aliphatic rings. The van der Waals surface area contributed by atoms with Gasteiger partial charge in [0.2, 0.25) is 0 Å². The third-order valence-corrected chi connectivity index (χ3v) is 5.68. The van der Waals surface area contributed by atoms with Crippen molar-refractivity contribution in [3.05, 3.63) is 0 Å². The van der Waals surface area contributed by atoms with Crippen LogP contribution in [0.3, 0.4) is 0 Å². The van der Waals surface area contributed by atoms with Crippen molar-refractivity contribution in [1.29, 1.82) is 0 Å². The van der Waals surface area contributed by atoms with Crippen LogP contribution in [0.25, 0.3) is 0 Å². The van der Waals surface area contributed by atoms with Gasteiger partial charge in [-0.05, 0) is 57.5 Å². The number of carbonyl (C=O) groups is 1. The molecule has 0 aromatic rings. The van der Waals surface area contributed by atoms with E-state index in [4.69, 9.17) is 0 Å². The first-order valence-electron chi connectivity index (χ1n) is 7.84. The number of carboxylic acid groups (broad SMARTS) is 1. The van der Waals surface area contributed by atoms with Crippen LogP contribution >= 0.6 is 0 Å². The fourth-order valence-electron chi connectivity index (χ4n) is 4.36. The molecule has 0 bridgehead atoms. The Morgan fingerprint density at radius 1 is 1.26 bits per heavy atom. The normalized spacial score (nSPS) is 34.8. The van der Waals surface area contributed by atoms with Crippen LogP contribution in [-0.2, 0) is 4.79 Å². The highest BCUT2D eigenvalue weighted by Crippen LogP contribution is 2.43. The minimum absolute atomic E-state index is 0.331. The van der Waals surface area contributed by atoms with Crippen molar-refractivity contribution < 1.29 is 9.90 Å². The smallest absolute Gasteiger partial charge is 0.325 e. The van der Waals surface area contributed by atoms with E-state index >= 15 is 0 Å². The lowest BCUT2D eigenvalue weighted by atomic mass is 9.84. The lowest BCUT2D eigenvalue weighted by molar-refractivity contribution is -0.147. The van der Waals surface area contributed by atoms with E-state index in [0.29, 0.717) is 18.5 Å². The Balaban J connectivity index is 1.73. The van der Waals surface area contributed by atoms with E-state index in [1.54, 1.807) is 0 Å². The van der Waals surface area contributed by atoms with Gasteiger partial charge in [-0.15, -0.1) is 0 Å². The third-order valence-electron chi connectivity index (χ3n) is 5.68. The molecule has 2 N–H and O–H groups in total. The van der Waals surface area contributed by atoms with Crippen molar-refractivity contribution in [3.8, 4) is 0 Å². The zero-order chi connectivity index (χ0) is 13.5. The molecule has 3 atom stereocenters. The van der Waals surface area contributed by atoms with Crippen molar-refractivity contribution in [2.24, 2.45) is 11.8 Å². The molecular formula is C15H26N2O2. The molecule has 3 unspecified atom stereocenters. The molecule has 0 spiro atoms. The number of hydrogen-bond acceptors (Lipinski definition) is 3. The van der Waals surface area contributed by atoms with E-state index < -0.39 is 11.5 Å². The molecule has 3 rings (SSSR count). The molecule has 2 saturated carbocycles. The van der Waals surface area contributed by atoms with Crippen LogP contribution in [-0.4, -0.2) is 47.7 Å². The maximum Gasteiger partial charge on any atom is 0.325 e. The number of rotatable bonds is 5. The number of carboxylic acids is 1. The molecule has 0 radical (unpaired) electrons. The first-order valence-corrected chi connectivity index (χ1v) is 7.84. The van der Waals surface area contributed by atoms with Crippen molar-refractivity contribution in [2.45, 2.75) is 56.5 Å².